The van der Waals surface area contributed by atoms with E-state index in [4.69, 9.17) is 4.74 Å². The predicted octanol–water partition coefficient (Wildman–Crippen LogP) is 5.48. The molecule has 0 aromatic heterocycles. The van der Waals surface area contributed by atoms with Crippen LogP contribution in [0.3, 0.4) is 0 Å². The van der Waals surface area contributed by atoms with E-state index in [1.165, 1.54) is 0 Å². The van der Waals surface area contributed by atoms with Crippen molar-refractivity contribution in [3.8, 4) is 5.75 Å². The standard InChI is InChI=1S/C28H23N3O3/c32-26(29-21-11-5-2-6-12-21)19-34-23-17-15-22(16-18-23)31-27(20-9-3-1-4-10-20)30-25-14-8-7-13-24(25)28(31)33/h1-18,27,30H,19H2,(H,29,32). The van der Waals surface area contributed by atoms with E-state index >= 15 is 0 Å². The van der Waals surface area contributed by atoms with E-state index in [1.807, 2.05) is 97.1 Å². The van der Waals surface area contributed by atoms with Gasteiger partial charge in [0.25, 0.3) is 11.8 Å². The lowest BCUT2D eigenvalue weighted by Gasteiger charge is -2.38. The summed E-state index contributed by atoms with van der Waals surface area (Å²) >= 11 is 0. The number of carbonyl (C=O) groups excluding carboxylic acids is 2. The molecule has 6 heteroatoms. The molecule has 0 radical (unpaired) electrons. The van der Waals surface area contributed by atoms with Crippen LogP contribution in [-0.2, 0) is 4.79 Å². The number of hydrogen-bond donors (Lipinski definition) is 2. The molecule has 4 aromatic rings. The number of hydrogen-bond acceptors (Lipinski definition) is 4. The van der Waals surface area contributed by atoms with Gasteiger partial charge in [0.15, 0.2) is 6.61 Å². The van der Waals surface area contributed by atoms with Crippen LogP contribution in [0.1, 0.15) is 22.1 Å². The molecule has 6 nitrogen and oxygen atoms in total. The minimum absolute atomic E-state index is 0.0842. The van der Waals surface area contributed by atoms with Crippen LogP contribution in [-0.4, -0.2) is 18.4 Å². The molecule has 2 N–H and O–H groups in total. The van der Waals surface area contributed by atoms with E-state index in [0.717, 1.165) is 22.6 Å². The number of ether oxygens (including phenoxy) is 1. The number of benzene rings is 4. The highest BCUT2D eigenvalue weighted by atomic mass is 16.5. The van der Waals surface area contributed by atoms with Gasteiger partial charge in [0.1, 0.15) is 11.9 Å². The van der Waals surface area contributed by atoms with E-state index in [1.54, 1.807) is 17.0 Å². The number of carbonyl (C=O) groups is 2. The average Bonchev–Trinajstić information content (AvgIpc) is 2.89. The van der Waals surface area contributed by atoms with E-state index in [0.29, 0.717) is 11.3 Å². The SMILES string of the molecule is O=C(COc1ccc(N2C(=O)c3ccccc3NC2c2ccccc2)cc1)Nc1ccccc1. The molecule has 1 atom stereocenters. The van der Waals surface area contributed by atoms with Crippen molar-refractivity contribution in [3.63, 3.8) is 0 Å². The lowest BCUT2D eigenvalue weighted by Crippen LogP contribution is -2.43. The van der Waals surface area contributed by atoms with Gasteiger partial charge in [0, 0.05) is 17.1 Å². The first-order valence-electron chi connectivity index (χ1n) is 11.0. The summed E-state index contributed by atoms with van der Waals surface area (Å²) in [5, 5.41) is 6.28. The van der Waals surface area contributed by atoms with Crippen LogP contribution in [0.15, 0.2) is 109 Å². The van der Waals surface area contributed by atoms with Crippen LogP contribution >= 0.6 is 0 Å². The molecule has 1 unspecified atom stereocenters. The van der Waals surface area contributed by atoms with Crippen LogP contribution in [0.5, 0.6) is 5.75 Å². The van der Waals surface area contributed by atoms with Crippen LogP contribution in [0.2, 0.25) is 0 Å². The number of para-hydroxylation sites is 2. The summed E-state index contributed by atoms with van der Waals surface area (Å²) in [6.45, 7) is -0.113. The Balaban J connectivity index is 1.34. The fourth-order valence-corrected chi connectivity index (χ4v) is 3.96. The Hall–Kier alpha value is -4.58. The molecular formula is C28H23N3O3. The Morgan fingerprint density at radius 1 is 0.824 bits per heavy atom. The molecule has 1 heterocycles. The monoisotopic (exact) mass is 449 g/mol. The van der Waals surface area contributed by atoms with Crippen LogP contribution < -0.4 is 20.3 Å². The van der Waals surface area contributed by atoms with Crippen molar-refractivity contribution in [2.75, 3.05) is 22.1 Å². The van der Waals surface area contributed by atoms with Gasteiger partial charge in [-0.15, -0.1) is 0 Å². The van der Waals surface area contributed by atoms with E-state index in [9.17, 15) is 9.59 Å². The summed E-state index contributed by atoms with van der Waals surface area (Å²) in [6, 6.07) is 33.8. The molecule has 34 heavy (non-hydrogen) atoms. The molecule has 1 aliphatic heterocycles. The van der Waals surface area contributed by atoms with Crippen molar-refractivity contribution in [3.05, 3.63) is 120 Å². The predicted molar refractivity (Wildman–Crippen MR) is 133 cm³/mol. The third-order valence-corrected chi connectivity index (χ3v) is 5.58. The first-order valence-corrected chi connectivity index (χ1v) is 11.0. The Bertz CT molecular complexity index is 1290. The van der Waals surface area contributed by atoms with Crippen molar-refractivity contribution in [2.24, 2.45) is 0 Å². The van der Waals surface area contributed by atoms with Crippen LogP contribution in [0.4, 0.5) is 17.1 Å². The summed E-state index contributed by atoms with van der Waals surface area (Å²) in [4.78, 5) is 27.4. The number of nitrogens with zero attached hydrogens (tertiary/aromatic N) is 1. The van der Waals surface area contributed by atoms with Gasteiger partial charge in [-0.1, -0.05) is 60.7 Å². The largest absolute Gasteiger partial charge is 0.484 e. The minimum Gasteiger partial charge on any atom is -0.484 e. The summed E-state index contributed by atoms with van der Waals surface area (Å²) in [5.41, 5.74) is 3.84. The van der Waals surface area contributed by atoms with Gasteiger partial charge < -0.3 is 15.4 Å². The molecule has 0 spiro atoms. The molecule has 5 rings (SSSR count). The first kappa shape index (κ1) is 21.3. The van der Waals surface area contributed by atoms with Crippen molar-refractivity contribution in [2.45, 2.75) is 6.17 Å². The Morgan fingerprint density at radius 3 is 2.21 bits per heavy atom. The van der Waals surface area contributed by atoms with Gasteiger partial charge in [0.2, 0.25) is 0 Å². The van der Waals surface area contributed by atoms with Crippen LogP contribution in [0, 0.1) is 0 Å². The van der Waals surface area contributed by atoms with Crippen molar-refractivity contribution >= 4 is 28.9 Å². The van der Waals surface area contributed by atoms with Crippen LogP contribution in [0.25, 0.3) is 0 Å². The minimum atomic E-state index is -0.355. The number of fused-ring (bicyclic) bond motifs is 1. The van der Waals surface area contributed by atoms with Crippen molar-refractivity contribution < 1.29 is 14.3 Å². The molecule has 1 aliphatic rings. The smallest absolute Gasteiger partial charge is 0.262 e. The van der Waals surface area contributed by atoms with Gasteiger partial charge in [-0.05, 0) is 54.1 Å². The molecule has 2 amide bonds. The Kier molecular flexibility index (Phi) is 5.95. The topological polar surface area (TPSA) is 70.7 Å². The Labute approximate surface area is 197 Å². The quantitative estimate of drug-likeness (QED) is 0.409. The highest BCUT2D eigenvalue weighted by Crippen LogP contribution is 2.37. The lowest BCUT2D eigenvalue weighted by atomic mass is 10.0. The van der Waals surface area contributed by atoms with Gasteiger partial charge in [-0.2, -0.15) is 0 Å². The Morgan fingerprint density at radius 2 is 1.47 bits per heavy atom. The molecule has 0 saturated heterocycles. The summed E-state index contributed by atoms with van der Waals surface area (Å²) in [6.07, 6.45) is -0.355. The van der Waals surface area contributed by atoms with Gasteiger partial charge >= 0.3 is 0 Å². The fraction of sp³-hybridized carbons (Fsp3) is 0.0714. The third-order valence-electron chi connectivity index (χ3n) is 5.58. The van der Waals surface area contributed by atoms with E-state index in [2.05, 4.69) is 10.6 Å². The molecule has 0 aliphatic carbocycles. The fourth-order valence-electron chi connectivity index (χ4n) is 3.96. The average molecular weight is 450 g/mol. The number of rotatable bonds is 6. The van der Waals surface area contributed by atoms with E-state index in [-0.39, 0.29) is 24.6 Å². The van der Waals surface area contributed by atoms with Crippen molar-refractivity contribution in [1.82, 2.24) is 0 Å². The summed E-state index contributed by atoms with van der Waals surface area (Å²) < 4.78 is 5.65. The second kappa shape index (κ2) is 9.50. The molecule has 0 fully saturated rings. The zero-order valence-electron chi connectivity index (χ0n) is 18.3. The maximum Gasteiger partial charge on any atom is 0.262 e. The highest BCUT2D eigenvalue weighted by Gasteiger charge is 2.33. The maximum atomic E-state index is 13.5. The van der Waals surface area contributed by atoms with Gasteiger partial charge in [-0.25, -0.2) is 0 Å². The zero-order chi connectivity index (χ0) is 23.3. The van der Waals surface area contributed by atoms with Crippen molar-refractivity contribution in [1.29, 1.82) is 0 Å². The molecule has 168 valence electrons. The normalized spacial score (nSPS) is 14.6. The van der Waals surface area contributed by atoms with Gasteiger partial charge in [0.05, 0.1) is 5.56 Å². The number of amides is 2. The second-order valence-electron chi connectivity index (χ2n) is 7.88. The number of anilines is 3. The third kappa shape index (κ3) is 4.47. The molecule has 4 aromatic carbocycles. The lowest BCUT2D eigenvalue weighted by molar-refractivity contribution is -0.118. The van der Waals surface area contributed by atoms with Gasteiger partial charge in [-0.3, -0.25) is 14.5 Å². The second-order valence-corrected chi connectivity index (χ2v) is 7.88. The molecule has 0 bridgehead atoms. The first-order chi connectivity index (χ1) is 16.7. The number of nitrogens with one attached hydrogen (secondary N) is 2. The van der Waals surface area contributed by atoms with E-state index < -0.39 is 0 Å². The zero-order valence-corrected chi connectivity index (χ0v) is 18.3. The molecular weight excluding hydrogens is 426 g/mol. The summed E-state index contributed by atoms with van der Waals surface area (Å²) in [7, 11) is 0. The highest BCUT2D eigenvalue weighted by molar-refractivity contribution is 6.12. The molecule has 0 saturated carbocycles. The maximum absolute atomic E-state index is 13.5. The summed E-state index contributed by atoms with van der Waals surface area (Å²) in [5.74, 6) is 0.214.